The van der Waals surface area contributed by atoms with E-state index in [-0.39, 0.29) is 34.9 Å². The Labute approximate surface area is 537 Å². The molecule has 0 radical (unpaired) electrons. The molecule has 2 nitrogen and oxygen atoms in total. The molecule has 0 aliphatic rings. The van der Waals surface area contributed by atoms with Gasteiger partial charge in [0.2, 0.25) is 0 Å². The van der Waals surface area contributed by atoms with Crippen LogP contribution >= 0.6 is 0 Å². The molecule has 0 saturated carbocycles. The summed E-state index contributed by atoms with van der Waals surface area (Å²) >= 11 is 0. The van der Waals surface area contributed by atoms with Crippen molar-refractivity contribution in [3.63, 3.8) is 0 Å². The van der Waals surface area contributed by atoms with Gasteiger partial charge < -0.3 is 9.80 Å². The predicted molar refractivity (Wildman–Crippen MR) is 380 cm³/mol. The molecule has 0 unspecified atom stereocenters. The first-order chi connectivity index (χ1) is 45.6. The van der Waals surface area contributed by atoms with Crippen LogP contribution < -0.4 is 9.80 Å². The van der Waals surface area contributed by atoms with Gasteiger partial charge in [0.1, 0.15) is 34.9 Å². The zero-order chi connectivity index (χ0) is 63.9. The van der Waals surface area contributed by atoms with Crippen LogP contribution in [0.4, 0.5) is 60.5 Å². The van der Waals surface area contributed by atoms with E-state index in [0.29, 0.717) is 0 Å². The van der Waals surface area contributed by atoms with Gasteiger partial charge in [-0.2, -0.15) is 0 Å². The molecule has 0 bridgehead atoms. The van der Waals surface area contributed by atoms with E-state index in [0.717, 1.165) is 186 Å². The summed E-state index contributed by atoms with van der Waals surface area (Å²) in [5.74, 6) is -1.86. The highest BCUT2D eigenvalue weighted by Crippen LogP contribution is 2.49. The van der Waals surface area contributed by atoms with E-state index in [1.54, 1.807) is 48.5 Å². The van der Waals surface area contributed by atoms with Crippen LogP contribution in [0.1, 0.15) is 22.3 Å². The van der Waals surface area contributed by atoms with Crippen molar-refractivity contribution in [3.8, 4) is 22.3 Å². The Morgan fingerprint density at radius 3 is 0.713 bits per heavy atom. The summed E-state index contributed by atoms with van der Waals surface area (Å²) in [5, 5.41) is 18.5. The highest BCUT2D eigenvalue weighted by molar-refractivity contribution is 6.34. The zero-order valence-electron chi connectivity index (χ0n) is 51.4. The zero-order valence-corrected chi connectivity index (χ0v) is 51.4. The first-order valence-corrected chi connectivity index (χ1v) is 31.3. The molecule has 0 N–H and O–H groups in total. The summed E-state index contributed by atoms with van der Waals surface area (Å²) in [7, 11) is 0. The van der Waals surface area contributed by atoms with E-state index in [4.69, 9.17) is 0 Å². The van der Waals surface area contributed by atoms with E-state index in [1.165, 1.54) is 48.5 Å². The molecule has 0 atom stereocenters. The molecule has 0 aliphatic heterocycles. The smallest absolute Gasteiger partial charge is 0.123 e. The molecule has 17 rings (SSSR count). The molecule has 0 fully saturated rings. The summed E-state index contributed by atoms with van der Waals surface area (Å²) in [4.78, 5) is 4.39. The lowest BCUT2D eigenvalue weighted by molar-refractivity contribution is 0.625. The lowest BCUT2D eigenvalue weighted by Crippen LogP contribution is -2.10. The van der Waals surface area contributed by atoms with Crippen molar-refractivity contribution < 1.29 is 26.3 Å². The Balaban J connectivity index is 0.960. The van der Waals surface area contributed by atoms with Gasteiger partial charge in [-0.05, 0) is 350 Å². The molecular weight excluding hydrogens is 1170 g/mol. The van der Waals surface area contributed by atoms with Gasteiger partial charge in [-0.15, -0.1) is 0 Å². The third-order valence-electron chi connectivity index (χ3n) is 19.2. The monoisotopic (exact) mass is 1230 g/mol. The van der Waals surface area contributed by atoms with E-state index < -0.39 is 0 Å². The molecule has 450 valence electrons. The maximum Gasteiger partial charge on any atom is 0.123 e. The molecule has 94 heavy (non-hydrogen) atoms. The van der Waals surface area contributed by atoms with Gasteiger partial charge in [0, 0.05) is 34.1 Å². The Morgan fingerprint density at radius 1 is 0.181 bits per heavy atom. The molecule has 17 aromatic rings. The summed E-state index contributed by atoms with van der Waals surface area (Å²) in [5.41, 5.74) is 12.2. The first-order valence-electron chi connectivity index (χ1n) is 31.3. The van der Waals surface area contributed by atoms with Crippen molar-refractivity contribution in [1.82, 2.24) is 0 Å². The first kappa shape index (κ1) is 56.5. The van der Waals surface area contributed by atoms with E-state index in [2.05, 4.69) is 119 Å². The van der Waals surface area contributed by atoms with Crippen molar-refractivity contribution in [1.29, 1.82) is 0 Å². The second-order valence-corrected chi connectivity index (χ2v) is 25.1. The number of benzene rings is 17. The molecule has 8 heteroatoms. The molecule has 0 aromatic heterocycles. The van der Waals surface area contributed by atoms with Gasteiger partial charge in [0.15, 0.2) is 0 Å². The lowest BCUT2D eigenvalue weighted by Gasteiger charge is -2.27. The highest BCUT2D eigenvalue weighted by Gasteiger charge is 2.23. The second kappa shape index (κ2) is 21.6. The van der Waals surface area contributed by atoms with Gasteiger partial charge in [-0.25, -0.2) is 26.3 Å². The van der Waals surface area contributed by atoms with Crippen molar-refractivity contribution in [2.75, 3.05) is 9.80 Å². The Hall–Kier alpha value is -11.5. The number of rotatable bonds is 8. The molecule has 0 spiro atoms. The van der Waals surface area contributed by atoms with Crippen molar-refractivity contribution >= 4 is 142 Å². The van der Waals surface area contributed by atoms with Gasteiger partial charge >= 0.3 is 0 Å². The minimum Gasteiger partial charge on any atom is -0.310 e. The minimum absolute atomic E-state index is 0.294. The second-order valence-electron chi connectivity index (χ2n) is 25.1. The normalized spacial score (nSPS) is 11.9. The number of anilines is 6. The lowest BCUT2D eigenvalue weighted by atomic mass is 9.86. The Kier molecular flexibility index (Phi) is 13.0. The van der Waals surface area contributed by atoms with Crippen molar-refractivity contribution in [2.24, 2.45) is 0 Å². The number of aryl methyl sites for hydroxylation is 4. The van der Waals surface area contributed by atoms with Crippen molar-refractivity contribution in [2.45, 2.75) is 27.7 Å². The third-order valence-corrected chi connectivity index (χ3v) is 19.2. The van der Waals surface area contributed by atoms with E-state index >= 15 is 8.78 Å². The fourth-order valence-electron chi connectivity index (χ4n) is 15.1. The summed E-state index contributed by atoms with van der Waals surface area (Å²) in [6.07, 6.45) is 0. The van der Waals surface area contributed by atoms with Crippen LogP contribution in [-0.4, -0.2) is 0 Å². The third kappa shape index (κ3) is 9.42. The van der Waals surface area contributed by atoms with Gasteiger partial charge in [-0.3, -0.25) is 0 Å². The van der Waals surface area contributed by atoms with Gasteiger partial charge in [-0.1, -0.05) is 84.9 Å². The number of fused-ring (bicyclic) bond motifs is 16. The fraction of sp³-hybridized carbons (Fsp3) is 0.0465. The average Bonchev–Trinajstić information content (AvgIpc) is 0.710. The van der Waals surface area contributed by atoms with E-state index in [1.807, 2.05) is 76.2 Å². The number of hydrogen-bond donors (Lipinski definition) is 0. The SMILES string of the molecule is Cc1cc(F)cc(C)c1-c1ccc2c(c1)c1cc3c4ccc(N(c5ccc6cc(F)ccc6c5)c5ccc6cc(F)ccc6c5)cc4c4ccc(-c5c(C)cc(F)cc5C)cc4c3cc1c1ccc(N(c3ccc4cc(F)ccc4c3)c3ccc4cc(F)ccc4c3)cc21. The van der Waals surface area contributed by atoms with Crippen LogP contribution in [0.2, 0.25) is 0 Å². The summed E-state index contributed by atoms with van der Waals surface area (Å²) in [6.45, 7) is 7.81. The number of nitrogens with zero attached hydrogens (tertiary/aromatic N) is 2. The topological polar surface area (TPSA) is 6.48 Å². The van der Waals surface area contributed by atoms with Gasteiger partial charge in [0.05, 0.1) is 0 Å². The van der Waals surface area contributed by atoms with Crippen molar-refractivity contribution in [3.05, 3.63) is 312 Å². The van der Waals surface area contributed by atoms with Gasteiger partial charge in [0.25, 0.3) is 0 Å². The fourth-order valence-corrected chi connectivity index (χ4v) is 15.1. The highest BCUT2D eigenvalue weighted by atomic mass is 19.1. The summed E-state index contributed by atoms with van der Waals surface area (Å²) < 4.78 is 89.1. The maximum atomic E-state index is 15.2. The Morgan fingerprint density at radius 2 is 0.404 bits per heavy atom. The maximum absolute atomic E-state index is 15.2. The number of halogens is 6. The van der Waals surface area contributed by atoms with Crippen LogP contribution in [-0.2, 0) is 0 Å². The van der Waals surface area contributed by atoms with Crippen LogP contribution in [0, 0.1) is 62.6 Å². The average molecular weight is 1230 g/mol. The molecular formula is C86H54F6N2. The number of hydrogen-bond acceptors (Lipinski definition) is 2. The molecule has 0 heterocycles. The predicted octanol–water partition coefficient (Wildman–Crippen LogP) is 25.6. The largest absolute Gasteiger partial charge is 0.310 e. The Bertz CT molecular complexity index is 5560. The quantitative estimate of drug-likeness (QED) is 0.0850. The summed E-state index contributed by atoms with van der Waals surface area (Å²) in [6, 6.07) is 80.6. The van der Waals surface area contributed by atoms with Crippen LogP contribution in [0.15, 0.2) is 255 Å². The standard InChI is InChI=1S/C86H54F6N2/c1-47-29-65(91)30-48(2)85(47)59-13-25-73-77(41-59)83-45-82-76-28-24-72(94(69-21-11-53-35-63(89)17-7-57(53)39-69)70-22-12-54-36-64(90)18-8-58(54)40-70)44-80(76)74-26-14-60(86-49(3)31-66(92)32-50(86)4)42-78(74)84(82)46-81(83)75-27-23-71(43-79(73)75)93(67-19-9-51-33-61(87)15-5-55(51)37-67)68-20-10-52-34-62(88)16-6-56(52)38-68/h5-46H,1-4H3. The van der Waals surface area contributed by atoms with Crippen LogP contribution in [0.5, 0.6) is 0 Å². The van der Waals surface area contributed by atoms with Crippen LogP contribution in [0.25, 0.3) is 130 Å². The van der Waals surface area contributed by atoms with E-state index in [9.17, 15) is 17.6 Å². The molecule has 0 aliphatic carbocycles. The molecule has 0 amide bonds. The molecule has 0 saturated heterocycles. The van der Waals surface area contributed by atoms with Crippen LogP contribution in [0.3, 0.4) is 0 Å². The molecule has 17 aromatic carbocycles. The minimum atomic E-state index is -0.318.